The molecule has 0 aliphatic heterocycles. The van der Waals surface area contributed by atoms with Gasteiger partial charge in [-0.1, -0.05) is 478 Å². The standard InChI is InChI=1S/C33H24.3C31H22/c1-23-15-17-24(18-16-23)25-19-21-27(22-20-25)33-30-13-7-5-11-28(30)32(26-9-3-2-4-10-26)29-12-6-8-14-31(29)33;1-21-11-9-19-24-23(21)18-10-20-25(24)31-28-16-7-5-14-26(28)30(22-12-3-2-4-13-22)27-15-6-8-17-29(27)31;1-21-15-16-24-20-25(18-17-23(24)19-21)31-28-13-7-5-11-26(28)30(22-9-3-2-4-10-22)27-12-6-8-14-29(27)31;1-21-19-20-29(24-14-6-5-13-23(21)24)31-27-17-9-7-15-25(27)30(22-11-3-2-4-12-22)26-16-8-10-18-28(26)31/h2-22H,1H3;3*2-20H,1H3. The van der Waals surface area contributed by atoms with Gasteiger partial charge in [-0.15, -0.1) is 0 Å². The molecule has 0 saturated carbocycles. The van der Waals surface area contributed by atoms with Gasteiger partial charge in [0.1, 0.15) is 0 Å². The molecule has 0 nitrogen and oxygen atoms in total. The summed E-state index contributed by atoms with van der Waals surface area (Å²) in [4.78, 5) is 0. The minimum Gasteiger partial charge on any atom is -0.0622 e. The molecule has 0 atom stereocenters. The molecule has 0 aromatic heterocycles. The molecular formula is C126H90. The van der Waals surface area contributed by atoms with Crippen molar-refractivity contribution in [3.05, 3.63) is 495 Å². The van der Waals surface area contributed by atoms with Crippen LogP contribution in [0.25, 0.3) is 219 Å². The fraction of sp³-hybridized carbons (Fsp3) is 0.0317. The van der Waals surface area contributed by atoms with Gasteiger partial charge in [0.25, 0.3) is 0 Å². The Balaban J connectivity index is 0.000000103. The van der Waals surface area contributed by atoms with Crippen LogP contribution in [0.4, 0.5) is 0 Å². The van der Waals surface area contributed by atoms with E-state index in [1.54, 1.807) is 0 Å². The minimum absolute atomic E-state index is 1.24. The molecule has 0 amide bonds. The number of hydrogen-bond donors (Lipinski definition) is 0. The van der Waals surface area contributed by atoms with Crippen LogP contribution in [0.15, 0.2) is 473 Å². The third-order valence-electron chi connectivity index (χ3n) is 25.6. The molecule has 24 aromatic rings. The molecule has 0 saturated heterocycles. The van der Waals surface area contributed by atoms with Gasteiger partial charge in [-0.2, -0.15) is 0 Å². The van der Waals surface area contributed by atoms with Crippen LogP contribution in [0, 0.1) is 27.7 Å². The van der Waals surface area contributed by atoms with Crippen LogP contribution in [0.1, 0.15) is 22.3 Å². The molecule has 24 aromatic carbocycles. The third-order valence-corrected chi connectivity index (χ3v) is 25.6. The van der Waals surface area contributed by atoms with E-state index in [9.17, 15) is 0 Å². The molecule has 594 valence electrons. The summed E-state index contributed by atoms with van der Waals surface area (Å²) in [5, 5.41) is 28.6. The van der Waals surface area contributed by atoms with E-state index >= 15 is 0 Å². The average Bonchev–Trinajstić information content (AvgIpc) is 0.754. The molecule has 0 N–H and O–H groups in total. The predicted molar refractivity (Wildman–Crippen MR) is 546 cm³/mol. The van der Waals surface area contributed by atoms with Crippen molar-refractivity contribution in [3.8, 4) is 100 Å². The van der Waals surface area contributed by atoms with Crippen molar-refractivity contribution < 1.29 is 0 Å². The number of rotatable bonds is 9. The summed E-state index contributed by atoms with van der Waals surface area (Å²) in [6.45, 7) is 8.67. The summed E-state index contributed by atoms with van der Waals surface area (Å²) in [6, 6.07) is 172. The molecule has 0 aliphatic rings. The Morgan fingerprint density at radius 3 is 0.675 bits per heavy atom. The number of benzene rings is 24. The smallest absolute Gasteiger partial charge is 0.00201 e. The molecular weight excluding hydrogens is 1510 g/mol. The lowest BCUT2D eigenvalue weighted by molar-refractivity contribution is 1.47. The molecule has 24 rings (SSSR count). The van der Waals surface area contributed by atoms with Gasteiger partial charge in [-0.3, -0.25) is 0 Å². The highest BCUT2D eigenvalue weighted by atomic mass is 14.3. The maximum absolute atomic E-state index is 2.34. The van der Waals surface area contributed by atoms with Gasteiger partial charge in [0.05, 0.1) is 0 Å². The fourth-order valence-corrected chi connectivity index (χ4v) is 19.8. The topological polar surface area (TPSA) is 0 Å². The Morgan fingerprint density at radius 2 is 0.325 bits per heavy atom. The molecule has 0 unspecified atom stereocenters. The Kier molecular flexibility index (Phi) is 20.8. The molecule has 0 heterocycles. The number of hydrogen-bond acceptors (Lipinski definition) is 0. The lowest BCUT2D eigenvalue weighted by Gasteiger charge is -2.19. The zero-order valence-corrected chi connectivity index (χ0v) is 71.0. The Morgan fingerprint density at radius 1 is 0.111 bits per heavy atom. The van der Waals surface area contributed by atoms with Gasteiger partial charge in [0.2, 0.25) is 0 Å². The summed E-state index contributed by atoms with van der Waals surface area (Å²) in [6.07, 6.45) is 0. The SMILES string of the molecule is Cc1ccc(-c2c3ccccc3c(-c3ccccc3)c3ccccc23)c2ccccc12.Cc1ccc(-c2ccc(-c3c4ccccc4c(-c4ccccc4)c4ccccc34)cc2)cc1.Cc1ccc2cc(-c3c4ccccc4c(-c4ccccc4)c4ccccc34)ccc2c1.Cc1cccc2c(-c3c4ccccc4c(-c4ccccc4)c4ccccc34)cccc12. The first-order valence-electron chi connectivity index (χ1n) is 43.9. The average molecular weight is 1600 g/mol. The molecule has 0 bridgehead atoms. The first kappa shape index (κ1) is 77.5. The van der Waals surface area contributed by atoms with Crippen molar-refractivity contribution in [1.82, 2.24) is 0 Å². The predicted octanol–water partition coefficient (Wildman–Crippen LogP) is 35.7. The summed E-state index contributed by atoms with van der Waals surface area (Å²) >= 11 is 0. The summed E-state index contributed by atoms with van der Waals surface area (Å²) in [7, 11) is 0. The zero-order chi connectivity index (χ0) is 84.6. The van der Waals surface area contributed by atoms with Gasteiger partial charge in [0, 0.05) is 0 Å². The van der Waals surface area contributed by atoms with E-state index in [4.69, 9.17) is 0 Å². The van der Waals surface area contributed by atoms with Crippen LogP contribution in [0.2, 0.25) is 0 Å². The van der Waals surface area contributed by atoms with E-state index in [2.05, 4.69) is 501 Å². The van der Waals surface area contributed by atoms with E-state index < -0.39 is 0 Å². The van der Waals surface area contributed by atoms with E-state index in [0.717, 1.165) is 0 Å². The van der Waals surface area contributed by atoms with Crippen molar-refractivity contribution >= 4 is 118 Å². The molecule has 0 heteroatoms. The van der Waals surface area contributed by atoms with Crippen LogP contribution in [-0.4, -0.2) is 0 Å². The zero-order valence-electron chi connectivity index (χ0n) is 71.0. The van der Waals surface area contributed by atoms with Crippen LogP contribution in [-0.2, 0) is 0 Å². The summed E-state index contributed by atoms with van der Waals surface area (Å²) in [5.74, 6) is 0. The van der Waals surface area contributed by atoms with E-state index in [1.807, 2.05) is 0 Å². The van der Waals surface area contributed by atoms with Crippen molar-refractivity contribution in [3.63, 3.8) is 0 Å². The van der Waals surface area contributed by atoms with Crippen molar-refractivity contribution in [2.75, 3.05) is 0 Å². The highest BCUT2D eigenvalue weighted by Gasteiger charge is 2.23. The maximum Gasteiger partial charge on any atom is -0.00201 e. The monoisotopic (exact) mass is 1600 g/mol. The second-order valence-electron chi connectivity index (χ2n) is 33.3. The van der Waals surface area contributed by atoms with Gasteiger partial charge in [0.15, 0.2) is 0 Å². The Labute approximate surface area is 736 Å². The second-order valence-corrected chi connectivity index (χ2v) is 33.3. The van der Waals surface area contributed by atoms with Gasteiger partial charge < -0.3 is 0 Å². The van der Waals surface area contributed by atoms with Crippen LogP contribution < -0.4 is 0 Å². The summed E-state index contributed by atoms with van der Waals surface area (Å²) in [5.41, 5.74) is 28.4. The third kappa shape index (κ3) is 14.3. The quantitative estimate of drug-likeness (QED) is 0.126. The highest BCUT2D eigenvalue weighted by molar-refractivity contribution is 6.27. The lowest BCUT2D eigenvalue weighted by atomic mass is 9.84. The molecule has 126 heavy (non-hydrogen) atoms. The largest absolute Gasteiger partial charge is 0.0622 e. The summed E-state index contributed by atoms with van der Waals surface area (Å²) < 4.78 is 0. The van der Waals surface area contributed by atoms with Crippen molar-refractivity contribution in [2.24, 2.45) is 0 Å². The van der Waals surface area contributed by atoms with Crippen molar-refractivity contribution in [2.45, 2.75) is 27.7 Å². The normalized spacial score (nSPS) is 11.3. The number of fused-ring (bicyclic) bond motifs is 11. The molecule has 0 fully saturated rings. The van der Waals surface area contributed by atoms with Crippen LogP contribution >= 0.6 is 0 Å². The van der Waals surface area contributed by atoms with Crippen LogP contribution in [0.5, 0.6) is 0 Å². The van der Waals surface area contributed by atoms with E-state index in [1.165, 1.54) is 241 Å². The van der Waals surface area contributed by atoms with Gasteiger partial charge in [-0.25, -0.2) is 0 Å². The van der Waals surface area contributed by atoms with Gasteiger partial charge in [-0.05, 0) is 264 Å². The first-order chi connectivity index (χ1) is 62.2. The van der Waals surface area contributed by atoms with E-state index in [-0.39, 0.29) is 0 Å². The second kappa shape index (κ2) is 33.9. The molecule has 0 radical (unpaired) electrons. The molecule has 0 spiro atoms. The fourth-order valence-electron chi connectivity index (χ4n) is 19.8. The maximum atomic E-state index is 2.34. The van der Waals surface area contributed by atoms with Crippen LogP contribution in [0.3, 0.4) is 0 Å². The minimum atomic E-state index is 1.24. The van der Waals surface area contributed by atoms with Crippen molar-refractivity contribution in [1.29, 1.82) is 0 Å². The molecule has 0 aliphatic carbocycles. The highest BCUT2D eigenvalue weighted by Crippen LogP contribution is 2.51. The Bertz CT molecular complexity index is 7820. The number of aryl methyl sites for hydroxylation is 4. The first-order valence-corrected chi connectivity index (χ1v) is 43.9. The Hall–Kier alpha value is -15.9. The van der Waals surface area contributed by atoms with Gasteiger partial charge >= 0.3 is 0 Å². The van der Waals surface area contributed by atoms with E-state index in [0.29, 0.717) is 0 Å². The lowest BCUT2D eigenvalue weighted by Crippen LogP contribution is -1.92.